The first kappa shape index (κ1) is 23.7. The Labute approximate surface area is 197 Å². The Morgan fingerprint density at radius 2 is 1.79 bits per heavy atom. The van der Waals surface area contributed by atoms with Crippen LogP contribution in [0.1, 0.15) is 34.9 Å². The van der Waals surface area contributed by atoms with Gasteiger partial charge in [-0.25, -0.2) is 13.2 Å². The highest BCUT2D eigenvalue weighted by atomic mass is 32.2. The Morgan fingerprint density at radius 1 is 1.06 bits per heavy atom. The molecule has 4 rings (SSSR count). The van der Waals surface area contributed by atoms with Crippen molar-refractivity contribution in [3.05, 3.63) is 53.9 Å². The van der Waals surface area contributed by atoms with Crippen LogP contribution in [0.15, 0.2) is 51.9 Å². The average Bonchev–Trinajstić information content (AvgIpc) is 3.38. The van der Waals surface area contributed by atoms with Crippen LogP contribution < -0.4 is 9.47 Å². The monoisotopic (exact) mass is 487 g/mol. The van der Waals surface area contributed by atoms with Crippen molar-refractivity contribution in [1.29, 1.82) is 0 Å². The number of hydrogen-bond acceptors (Lipinski definition) is 9. The molecule has 1 fully saturated rings. The topological polar surface area (TPSA) is 121 Å². The Bertz CT molecular complexity index is 1280. The predicted molar refractivity (Wildman–Crippen MR) is 121 cm³/mol. The molecule has 11 heteroatoms. The molecule has 0 amide bonds. The molecule has 1 saturated heterocycles. The van der Waals surface area contributed by atoms with Crippen LogP contribution in [0.2, 0.25) is 0 Å². The van der Waals surface area contributed by atoms with Crippen LogP contribution in [0.4, 0.5) is 0 Å². The van der Waals surface area contributed by atoms with E-state index in [1.165, 1.54) is 36.7 Å². The van der Waals surface area contributed by atoms with Crippen molar-refractivity contribution in [3.8, 4) is 23.0 Å². The van der Waals surface area contributed by atoms with Crippen molar-refractivity contribution in [2.75, 3.05) is 34.4 Å². The van der Waals surface area contributed by atoms with Gasteiger partial charge in [0.2, 0.25) is 10.0 Å². The van der Waals surface area contributed by atoms with Crippen LogP contribution in [0.3, 0.4) is 0 Å². The Morgan fingerprint density at radius 3 is 2.47 bits per heavy atom. The summed E-state index contributed by atoms with van der Waals surface area (Å²) in [6.45, 7) is 0.479. The van der Waals surface area contributed by atoms with Gasteiger partial charge in [0, 0.05) is 25.1 Å². The highest BCUT2D eigenvalue weighted by Gasteiger charge is 2.34. The normalized spacial score (nSPS) is 15.1. The Balaban J connectivity index is 1.52. The van der Waals surface area contributed by atoms with Crippen LogP contribution in [0, 0.1) is 0 Å². The second kappa shape index (κ2) is 9.82. The molecule has 2 aromatic carbocycles. The molecule has 0 N–H and O–H groups in total. The Hall–Kier alpha value is -3.44. The first-order valence-electron chi connectivity index (χ1n) is 10.6. The lowest BCUT2D eigenvalue weighted by Gasteiger charge is -2.30. The third-order valence-corrected chi connectivity index (χ3v) is 7.75. The van der Waals surface area contributed by atoms with Crippen molar-refractivity contribution in [2.45, 2.75) is 23.7 Å². The lowest BCUT2D eigenvalue weighted by Crippen LogP contribution is -2.38. The molecule has 1 aliphatic rings. The van der Waals surface area contributed by atoms with Crippen LogP contribution in [0.25, 0.3) is 11.5 Å². The number of nitrogens with zero attached hydrogens (tertiary/aromatic N) is 3. The number of sulfonamides is 1. The quantitative estimate of drug-likeness (QED) is 0.463. The summed E-state index contributed by atoms with van der Waals surface area (Å²) in [5.41, 5.74) is 0.655. The molecule has 3 aromatic rings. The summed E-state index contributed by atoms with van der Waals surface area (Å²) in [5.74, 6) is 1.03. The lowest BCUT2D eigenvalue weighted by molar-refractivity contribution is 0.0596. The fourth-order valence-electron chi connectivity index (χ4n) is 3.95. The summed E-state index contributed by atoms with van der Waals surface area (Å²) in [6.07, 6.45) is 1.00. The third kappa shape index (κ3) is 4.48. The standard InChI is InChI=1S/C23H25N3O7S/c1-30-16-8-9-18(23(27)32-3)20(14-16)34(28,29)26-12-10-15(11-13-26)21-24-22(33-25-21)17-6-4-5-7-19(17)31-2/h4-9,14-15H,10-13H2,1-3H3. The van der Waals surface area contributed by atoms with E-state index >= 15 is 0 Å². The number of hydrogen-bond donors (Lipinski definition) is 0. The maximum absolute atomic E-state index is 13.4. The van der Waals surface area contributed by atoms with E-state index in [1.807, 2.05) is 24.3 Å². The lowest BCUT2D eigenvalue weighted by atomic mass is 9.97. The summed E-state index contributed by atoms with van der Waals surface area (Å²) in [7, 11) is 0.245. The summed E-state index contributed by atoms with van der Waals surface area (Å²) in [4.78, 5) is 16.6. The van der Waals surface area contributed by atoms with E-state index in [1.54, 1.807) is 7.11 Å². The molecule has 0 spiro atoms. The minimum atomic E-state index is -3.96. The number of piperidine rings is 1. The molecule has 180 valence electrons. The van der Waals surface area contributed by atoms with E-state index in [2.05, 4.69) is 10.1 Å². The molecule has 2 heterocycles. The van der Waals surface area contributed by atoms with Crippen LogP contribution >= 0.6 is 0 Å². The highest BCUT2D eigenvalue weighted by molar-refractivity contribution is 7.89. The molecular formula is C23H25N3O7S. The molecule has 1 aliphatic heterocycles. The number of aromatic nitrogens is 2. The molecule has 0 radical (unpaired) electrons. The van der Waals surface area contributed by atoms with E-state index in [0.29, 0.717) is 41.6 Å². The van der Waals surface area contributed by atoms with Crippen LogP contribution in [-0.4, -0.2) is 63.3 Å². The second-order valence-electron chi connectivity index (χ2n) is 7.69. The number of ether oxygens (including phenoxy) is 3. The number of carbonyl (C=O) groups is 1. The molecular weight excluding hydrogens is 462 g/mol. The van der Waals surface area contributed by atoms with Gasteiger partial charge in [-0.05, 0) is 37.1 Å². The van der Waals surface area contributed by atoms with Crippen molar-refractivity contribution >= 4 is 16.0 Å². The maximum Gasteiger partial charge on any atom is 0.339 e. The summed E-state index contributed by atoms with van der Waals surface area (Å²) in [6, 6.07) is 11.6. The molecule has 1 aromatic heterocycles. The number of carbonyl (C=O) groups excluding carboxylic acids is 1. The van der Waals surface area contributed by atoms with E-state index in [9.17, 15) is 13.2 Å². The van der Waals surface area contributed by atoms with Gasteiger partial charge in [0.05, 0.1) is 32.5 Å². The van der Waals surface area contributed by atoms with Gasteiger partial charge in [-0.2, -0.15) is 9.29 Å². The largest absolute Gasteiger partial charge is 0.497 e. The van der Waals surface area contributed by atoms with Crippen molar-refractivity contribution in [1.82, 2.24) is 14.4 Å². The van der Waals surface area contributed by atoms with Gasteiger partial charge in [-0.3, -0.25) is 0 Å². The highest BCUT2D eigenvalue weighted by Crippen LogP contribution is 2.34. The van der Waals surface area contributed by atoms with E-state index in [4.69, 9.17) is 18.7 Å². The summed E-state index contributed by atoms with van der Waals surface area (Å²) >= 11 is 0. The van der Waals surface area contributed by atoms with Crippen LogP contribution in [0.5, 0.6) is 11.5 Å². The smallest absolute Gasteiger partial charge is 0.339 e. The zero-order valence-electron chi connectivity index (χ0n) is 19.1. The fourth-order valence-corrected chi connectivity index (χ4v) is 5.61. The van der Waals surface area contributed by atoms with E-state index in [-0.39, 0.29) is 29.5 Å². The van der Waals surface area contributed by atoms with Crippen molar-refractivity contribution in [2.24, 2.45) is 0 Å². The summed E-state index contributed by atoms with van der Waals surface area (Å²) in [5, 5.41) is 4.12. The minimum absolute atomic E-state index is 0.0370. The average molecular weight is 488 g/mol. The second-order valence-corrected chi connectivity index (χ2v) is 9.60. The molecule has 0 unspecified atom stereocenters. The van der Waals surface area contributed by atoms with Gasteiger partial charge in [0.25, 0.3) is 5.89 Å². The van der Waals surface area contributed by atoms with E-state index in [0.717, 1.165) is 0 Å². The van der Waals surface area contributed by atoms with Crippen LogP contribution in [-0.2, 0) is 14.8 Å². The number of methoxy groups -OCH3 is 3. The Kier molecular flexibility index (Phi) is 6.85. The maximum atomic E-state index is 13.4. The van der Waals surface area contributed by atoms with Gasteiger partial charge >= 0.3 is 5.97 Å². The molecule has 0 atom stereocenters. The van der Waals surface area contributed by atoms with Crippen molar-refractivity contribution in [3.63, 3.8) is 0 Å². The first-order chi connectivity index (χ1) is 16.4. The zero-order chi connectivity index (χ0) is 24.3. The molecule has 34 heavy (non-hydrogen) atoms. The number of para-hydroxylation sites is 1. The zero-order valence-corrected chi connectivity index (χ0v) is 19.9. The van der Waals surface area contributed by atoms with Gasteiger partial charge in [0.1, 0.15) is 16.4 Å². The molecule has 10 nitrogen and oxygen atoms in total. The van der Waals surface area contributed by atoms with Gasteiger partial charge < -0.3 is 18.7 Å². The van der Waals surface area contributed by atoms with E-state index < -0.39 is 16.0 Å². The molecule has 0 saturated carbocycles. The molecule has 0 bridgehead atoms. The van der Waals surface area contributed by atoms with Gasteiger partial charge in [0.15, 0.2) is 5.82 Å². The first-order valence-corrected chi connectivity index (χ1v) is 12.1. The van der Waals surface area contributed by atoms with Crippen molar-refractivity contribution < 1.29 is 31.9 Å². The SMILES string of the molecule is COC(=O)c1ccc(OC)cc1S(=O)(=O)N1CCC(c2noc(-c3ccccc3OC)n2)CC1. The molecule has 0 aliphatic carbocycles. The third-order valence-electron chi connectivity index (χ3n) is 5.81. The minimum Gasteiger partial charge on any atom is -0.497 e. The fraction of sp³-hybridized carbons (Fsp3) is 0.348. The summed E-state index contributed by atoms with van der Waals surface area (Å²) < 4.78 is 48.9. The van der Waals surface area contributed by atoms with Gasteiger partial charge in [-0.1, -0.05) is 17.3 Å². The number of benzene rings is 2. The number of rotatable bonds is 7. The van der Waals surface area contributed by atoms with Gasteiger partial charge in [-0.15, -0.1) is 0 Å². The predicted octanol–water partition coefficient (Wildman–Crippen LogP) is 3.11. The number of esters is 1.